The molecule has 1 aliphatic rings. The summed E-state index contributed by atoms with van der Waals surface area (Å²) in [5.74, 6) is -0.288. The van der Waals surface area contributed by atoms with E-state index in [-0.39, 0.29) is 22.7 Å². The summed E-state index contributed by atoms with van der Waals surface area (Å²) in [5, 5.41) is 10.1. The summed E-state index contributed by atoms with van der Waals surface area (Å²) in [6.45, 7) is 3.77. The van der Waals surface area contributed by atoms with Gasteiger partial charge in [0.1, 0.15) is 5.25 Å². The summed E-state index contributed by atoms with van der Waals surface area (Å²) in [7, 11) is 0. The zero-order valence-corrected chi connectivity index (χ0v) is 12.1. The lowest BCUT2D eigenvalue weighted by Gasteiger charge is -2.31. The molecule has 1 fully saturated rings. The molecule has 1 aromatic rings. The normalized spacial score (nSPS) is 19.1. The van der Waals surface area contributed by atoms with Gasteiger partial charge in [-0.05, 0) is 11.5 Å². The topological polar surface area (TPSA) is 77.3 Å². The van der Waals surface area contributed by atoms with Crippen molar-refractivity contribution in [1.29, 1.82) is 0 Å². The predicted molar refractivity (Wildman–Crippen MR) is 75.8 cm³/mol. The van der Waals surface area contributed by atoms with Crippen LogP contribution in [0.15, 0.2) is 29.2 Å². The SMILES string of the molecule is CC1(C)CC(=O)C(Sc2ccccc2[N+](=O)[O-])C(=O)C1. The Morgan fingerprint density at radius 3 is 2.30 bits per heavy atom. The third kappa shape index (κ3) is 3.07. The number of nitro benzene ring substituents is 1. The van der Waals surface area contributed by atoms with Crippen molar-refractivity contribution < 1.29 is 14.5 Å². The van der Waals surface area contributed by atoms with Crippen LogP contribution in [0, 0.1) is 15.5 Å². The fourth-order valence-electron chi connectivity index (χ4n) is 2.34. The summed E-state index contributed by atoms with van der Waals surface area (Å²) in [5.41, 5.74) is -0.378. The molecule has 0 bridgehead atoms. The second kappa shape index (κ2) is 5.36. The van der Waals surface area contributed by atoms with E-state index in [2.05, 4.69) is 0 Å². The maximum atomic E-state index is 12.1. The van der Waals surface area contributed by atoms with E-state index in [1.165, 1.54) is 6.07 Å². The van der Waals surface area contributed by atoms with Gasteiger partial charge in [0.05, 0.1) is 9.82 Å². The van der Waals surface area contributed by atoms with Gasteiger partial charge in [-0.15, -0.1) is 0 Å². The average molecular weight is 293 g/mol. The van der Waals surface area contributed by atoms with E-state index in [0.717, 1.165) is 11.8 Å². The molecule has 0 aliphatic heterocycles. The Bertz CT molecular complexity index is 562. The second-order valence-electron chi connectivity index (χ2n) is 5.67. The third-order valence-corrected chi connectivity index (χ3v) is 4.56. The molecule has 1 aliphatic carbocycles. The fourth-order valence-corrected chi connectivity index (χ4v) is 3.44. The van der Waals surface area contributed by atoms with Crippen molar-refractivity contribution in [2.24, 2.45) is 5.41 Å². The molecular weight excluding hydrogens is 278 g/mol. The van der Waals surface area contributed by atoms with Crippen LogP contribution in [0.2, 0.25) is 0 Å². The molecule has 1 saturated carbocycles. The first-order valence-electron chi connectivity index (χ1n) is 6.26. The minimum absolute atomic E-state index is 0.0667. The molecule has 6 heteroatoms. The van der Waals surface area contributed by atoms with Gasteiger partial charge in [0.2, 0.25) is 0 Å². The van der Waals surface area contributed by atoms with Crippen LogP contribution in [-0.4, -0.2) is 21.7 Å². The van der Waals surface area contributed by atoms with E-state index in [0.29, 0.717) is 17.7 Å². The van der Waals surface area contributed by atoms with Gasteiger partial charge >= 0.3 is 0 Å². The summed E-state index contributed by atoms with van der Waals surface area (Å²) in [4.78, 5) is 35.0. The van der Waals surface area contributed by atoms with E-state index in [1.54, 1.807) is 18.2 Å². The van der Waals surface area contributed by atoms with Crippen LogP contribution in [0.5, 0.6) is 0 Å². The molecule has 0 radical (unpaired) electrons. The van der Waals surface area contributed by atoms with Crippen molar-refractivity contribution in [3.8, 4) is 0 Å². The van der Waals surface area contributed by atoms with Crippen molar-refractivity contribution in [2.75, 3.05) is 0 Å². The number of Topliss-reactive ketones (excluding diaryl/α,β-unsaturated/α-hetero) is 2. The number of carbonyl (C=O) groups excluding carboxylic acids is 2. The first-order valence-corrected chi connectivity index (χ1v) is 7.14. The zero-order valence-electron chi connectivity index (χ0n) is 11.3. The number of rotatable bonds is 3. The zero-order chi connectivity index (χ0) is 14.9. The molecule has 0 heterocycles. The van der Waals surface area contributed by atoms with E-state index in [4.69, 9.17) is 0 Å². The van der Waals surface area contributed by atoms with Crippen LogP contribution in [0.25, 0.3) is 0 Å². The van der Waals surface area contributed by atoms with Gasteiger partial charge in [-0.3, -0.25) is 19.7 Å². The molecule has 0 amide bonds. The van der Waals surface area contributed by atoms with E-state index < -0.39 is 10.2 Å². The molecule has 0 N–H and O–H groups in total. The number of nitrogens with zero attached hydrogens (tertiary/aromatic N) is 1. The van der Waals surface area contributed by atoms with E-state index >= 15 is 0 Å². The van der Waals surface area contributed by atoms with Gasteiger partial charge in [-0.2, -0.15) is 0 Å². The van der Waals surface area contributed by atoms with Gasteiger partial charge in [-0.25, -0.2) is 0 Å². The number of thioether (sulfide) groups is 1. The Morgan fingerprint density at radius 2 is 1.75 bits per heavy atom. The Hall–Kier alpha value is -1.69. The van der Waals surface area contributed by atoms with Gasteiger partial charge in [-0.1, -0.05) is 37.7 Å². The molecule has 0 saturated heterocycles. The molecule has 1 aromatic carbocycles. The van der Waals surface area contributed by atoms with Crippen LogP contribution in [0.1, 0.15) is 26.7 Å². The smallest absolute Gasteiger partial charge is 0.282 e. The molecule has 106 valence electrons. The van der Waals surface area contributed by atoms with Gasteiger partial charge in [0, 0.05) is 18.9 Å². The number of para-hydroxylation sites is 1. The van der Waals surface area contributed by atoms with Crippen LogP contribution < -0.4 is 0 Å². The first-order chi connectivity index (χ1) is 9.30. The monoisotopic (exact) mass is 293 g/mol. The highest BCUT2D eigenvalue weighted by Gasteiger charge is 2.40. The van der Waals surface area contributed by atoms with Crippen LogP contribution in [0.3, 0.4) is 0 Å². The lowest BCUT2D eigenvalue weighted by atomic mass is 9.76. The van der Waals surface area contributed by atoms with Crippen LogP contribution >= 0.6 is 11.8 Å². The van der Waals surface area contributed by atoms with Gasteiger partial charge < -0.3 is 0 Å². The highest BCUT2D eigenvalue weighted by Crippen LogP contribution is 2.40. The minimum atomic E-state index is -0.816. The second-order valence-corrected chi connectivity index (χ2v) is 6.82. The Balaban J connectivity index is 2.25. The van der Waals surface area contributed by atoms with Crippen molar-refractivity contribution in [1.82, 2.24) is 0 Å². The molecule has 20 heavy (non-hydrogen) atoms. The molecular formula is C14H15NO4S. The number of carbonyl (C=O) groups is 2. The summed E-state index contributed by atoms with van der Waals surface area (Å²) >= 11 is 0.996. The molecule has 0 spiro atoms. The van der Waals surface area contributed by atoms with E-state index in [9.17, 15) is 19.7 Å². The maximum absolute atomic E-state index is 12.1. The average Bonchev–Trinajstić information content (AvgIpc) is 2.33. The van der Waals surface area contributed by atoms with Crippen molar-refractivity contribution in [2.45, 2.75) is 36.8 Å². The van der Waals surface area contributed by atoms with Crippen LogP contribution in [0.4, 0.5) is 5.69 Å². The highest BCUT2D eigenvalue weighted by molar-refractivity contribution is 8.01. The Kier molecular flexibility index (Phi) is 3.94. The quantitative estimate of drug-likeness (QED) is 0.486. The number of hydrogen-bond donors (Lipinski definition) is 0. The van der Waals surface area contributed by atoms with Crippen molar-refractivity contribution >= 4 is 29.0 Å². The minimum Gasteiger partial charge on any atom is -0.298 e. The van der Waals surface area contributed by atoms with Crippen molar-refractivity contribution in [3.05, 3.63) is 34.4 Å². The molecule has 5 nitrogen and oxygen atoms in total. The van der Waals surface area contributed by atoms with Crippen LogP contribution in [-0.2, 0) is 9.59 Å². The fraction of sp³-hybridized carbons (Fsp3) is 0.429. The molecule has 0 atom stereocenters. The predicted octanol–water partition coefficient (Wildman–Crippen LogP) is 3.01. The first kappa shape index (κ1) is 14.7. The van der Waals surface area contributed by atoms with Gasteiger partial charge in [0.15, 0.2) is 11.6 Å². The lowest BCUT2D eigenvalue weighted by molar-refractivity contribution is -0.387. The molecule has 2 rings (SSSR count). The number of benzene rings is 1. The van der Waals surface area contributed by atoms with Gasteiger partial charge in [0.25, 0.3) is 5.69 Å². The highest BCUT2D eigenvalue weighted by atomic mass is 32.2. The summed E-state index contributed by atoms with van der Waals surface area (Å²) < 4.78 is 0. The molecule has 0 unspecified atom stereocenters. The number of ketones is 2. The summed E-state index contributed by atoms with van der Waals surface area (Å²) in [6, 6.07) is 6.18. The third-order valence-electron chi connectivity index (χ3n) is 3.20. The Morgan fingerprint density at radius 1 is 1.20 bits per heavy atom. The molecule has 0 aromatic heterocycles. The summed E-state index contributed by atoms with van der Waals surface area (Å²) in [6.07, 6.45) is 0.661. The number of nitro groups is 1. The maximum Gasteiger partial charge on any atom is 0.282 e. The standard InChI is InChI=1S/C14H15NO4S/c1-14(2)7-10(16)13(11(17)8-14)20-12-6-4-3-5-9(12)15(18)19/h3-6,13H,7-8H2,1-2H3. The Labute approximate surface area is 120 Å². The van der Waals surface area contributed by atoms with Crippen molar-refractivity contribution in [3.63, 3.8) is 0 Å². The lowest BCUT2D eigenvalue weighted by Crippen LogP contribution is -2.39. The largest absolute Gasteiger partial charge is 0.298 e. The van der Waals surface area contributed by atoms with E-state index in [1.807, 2.05) is 13.8 Å². The number of hydrogen-bond acceptors (Lipinski definition) is 5.